The van der Waals surface area contributed by atoms with Crippen LogP contribution in [0.15, 0.2) is 34.9 Å². The van der Waals surface area contributed by atoms with Gasteiger partial charge in [0.05, 0.1) is 12.3 Å². The van der Waals surface area contributed by atoms with Gasteiger partial charge >= 0.3 is 6.18 Å². The summed E-state index contributed by atoms with van der Waals surface area (Å²) < 4.78 is 41.2. The fourth-order valence-corrected chi connectivity index (χ4v) is 1.76. The highest BCUT2D eigenvalue weighted by Gasteiger charge is 2.28. The van der Waals surface area contributed by atoms with E-state index in [1.165, 1.54) is 0 Å². The van der Waals surface area contributed by atoms with E-state index in [0.29, 0.717) is 5.56 Å². The summed E-state index contributed by atoms with van der Waals surface area (Å²) >= 11 is 0. The summed E-state index contributed by atoms with van der Waals surface area (Å²) in [6, 6.07) is 8.54. The zero-order valence-electron chi connectivity index (χ0n) is 11.2. The number of nitrogens with zero attached hydrogens (tertiary/aromatic N) is 2. The third-order valence-electron chi connectivity index (χ3n) is 2.94. The van der Waals surface area contributed by atoms with Crippen molar-refractivity contribution in [2.75, 3.05) is 0 Å². The zero-order valence-corrected chi connectivity index (χ0v) is 11.2. The van der Waals surface area contributed by atoms with Crippen LogP contribution in [-0.2, 0) is 6.42 Å². The number of rotatable bonds is 5. The monoisotopic (exact) mass is 298 g/mol. The number of Topliss-reactive ketones (excluding diaryl/α,β-unsaturated/α-hetero) is 1. The number of carbonyl (C=O) groups excluding carboxylic acids is 1. The van der Waals surface area contributed by atoms with E-state index in [1.807, 2.05) is 0 Å². The first-order valence-corrected chi connectivity index (χ1v) is 6.35. The molecule has 1 aromatic heterocycles. The summed E-state index contributed by atoms with van der Waals surface area (Å²) in [5.74, 6) is -0.933. The Morgan fingerprint density at radius 1 is 1.29 bits per heavy atom. The Morgan fingerprint density at radius 2 is 1.95 bits per heavy atom. The summed E-state index contributed by atoms with van der Waals surface area (Å²) in [6.07, 6.45) is -5.65. The van der Waals surface area contributed by atoms with Gasteiger partial charge in [0.2, 0.25) is 5.89 Å². The average molecular weight is 298 g/mol. The maximum Gasteiger partial charge on any atom is 0.389 e. The molecule has 2 rings (SSSR count). The van der Waals surface area contributed by atoms with Crippen molar-refractivity contribution < 1.29 is 22.5 Å². The predicted octanol–water partition coefficient (Wildman–Crippen LogP) is 3.55. The van der Waals surface area contributed by atoms with Gasteiger partial charge in [0, 0.05) is 12.0 Å². The molecule has 0 aliphatic rings. The van der Waals surface area contributed by atoms with Gasteiger partial charge in [-0.2, -0.15) is 18.2 Å². The molecule has 0 aliphatic heterocycles. The van der Waals surface area contributed by atoms with Crippen LogP contribution in [0.4, 0.5) is 13.2 Å². The molecule has 21 heavy (non-hydrogen) atoms. The molecule has 0 radical (unpaired) electrons. The zero-order chi connectivity index (χ0) is 15.5. The Hall–Kier alpha value is -2.18. The molecule has 7 heteroatoms. The van der Waals surface area contributed by atoms with E-state index in [0.717, 1.165) is 0 Å². The molecule has 0 fully saturated rings. The quantitative estimate of drug-likeness (QED) is 0.792. The van der Waals surface area contributed by atoms with Crippen molar-refractivity contribution in [3.63, 3.8) is 0 Å². The third kappa shape index (κ3) is 4.14. The van der Waals surface area contributed by atoms with Crippen LogP contribution in [0.2, 0.25) is 0 Å². The summed E-state index contributed by atoms with van der Waals surface area (Å²) in [4.78, 5) is 16.0. The van der Waals surface area contributed by atoms with Gasteiger partial charge in [-0.3, -0.25) is 4.79 Å². The molecule has 4 nitrogen and oxygen atoms in total. The Bertz CT molecular complexity index is 608. The number of hydrogen-bond donors (Lipinski definition) is 0. The van der Waals surface area contributed by atoms with Gasteiger partial charge in [0.1, 0.15) is 0 Å². The van der Waals surface area contributed by atoms with Crippen molar-refractivity contribution in [1.82, 2.24) is 10.1 Å². The predicted molar refractivity (Wildman–Crippen MR) is 67.9 cm³/mol. The first-order chi connectivity index (χ1) is 9.87. The van der Waals surface area contributed by atoms with Crippen LogP contribution in [0.3, 0.4) is 0 Å². The molecule has 1 heterocycles. The molecule has 112 valence electrons. The van der Waals surface area contributed by atoms with Crippen LogP contribution in [0.25, 0.3) is 0 Å². The van der Waals surface area contributed by atoms with Gasteiger partial charge in [-0.15, -0.1) is 0 Å². The summed E-state index contributed by atoms with van der Waals surface area (Å²) in [6.45, 7) is 1.58. The van der Waals surface area contributed by atoms with Crippen molar-refractivity contribution in [2.24, 2.45) is 0 Å². The lowest BCUT2D eigenvalue weighted by Gasteiger charge is -2.05. The number of aromatic nitrogens is 2. The molecular weight excluding hydrogens is 285 g/mol. The Kier molecular flexibility index (Phi) is 4.40. The number of aryl methyl sites for hydroxylation is 1. The highest BCUT2D eigenvalue weighted by atomic mass is 19.4. The minimum absolute atomic E-state index is 0.0287. The second-order valence-corrected chi connectivity index (χ2v) is 4.62. The molecule has 0 bridgehead atoms. The fraction of sp³-hybridized carbons (Fsp3) is 0.357. The number of benzene rings is 1. The van der Waals surface area contributed by atoms with Gasteiger partial charge in [-0.25, -0.2) is 0 Å². The number of hydrogen-bond acceptors (Lipinski definition) is 4. The lowest BCUT2D eigenvalue weighted by atomic mass is 9.99. The van der Waals surface area contributed by atoms with E-state index < -0.39 is 18.5 Å². The van der Waals surface area contributed by atoms with E-state index in [2.05, 4.69) is 10.1 Å². The highest BCUT2D eigenvalue weighted by Crippen LogP contribution is 2.23. The van der Waals surface area contributed by atoms with E-state index in [1.54, 1.807) is 37.3 Å². The molecule has 0 saturated carbocycles. The van der Waals surface area contributed by atoms with Crippen LogP contribution in [0.1, 0.15) is 41.3 Å². The smallest absolute Gasteiger partial charge is 0.339 e. The maximum absolute atomic E-state index is 12.2. The second-order valence-electron chi connectivity index (χ2n) is 4.62. The first-order valence-electron chi connectivity index (χ1n) is 6.35. The third-order valence-corrected chi connectivity index (χ3v) is 2.94. The first kappa shape index (κ1) is 15.2. The maximum atomic E-state index is 12.2. The Balaban J connectivity index is 2.05. The van der Waals surface area contributed by atoms with Crippen LogP contribution in [0.5, 0.6) is 0 Å². The number of carbonyl (C=O) groups is 1. The molecule has 2 aromatic rings. The van der Waals surface area contributed by atoms with Gasteiger partial charge in [0.15, 0.2) is 11.6 Å². The molecule has 0 aliphatic carbocycles. The lowest BCUT2D eigenvalue weighted by molar-refractivity contribution is -0.134. The van der Waals surface area contributed by atoms with Crippen LogP contribution < -0.4 is 0 Å². The van der Waals surface area contributed by atoms with Gasteiger partial charge in [0.25, 0.3) is 0 Å². The van der Waals surface area contributed by atoms with Crippen LogP contribution in [0, 0.1) is 0 Å². The highest BCUT2D eigenvalue weighted by molar-refractivity contribution is 6.00. The van der Waals surface area contributed by atoms with Crippen molar-refractivity contribution in [2.45, 2.75) is 31.9 Å². The number of ketones is 1. The minimum atomic E-state index is -4.27. The van der Waals surface area contributed by atoms with Gasteiger partial charge in [-0.05, 0) is 6.92 Å². The molecule has 0 amide bonds. The molecule has 0 spiro atoms. The Labute approximate surface area is 119 Å². The molecule has 1 unspecified atom stereocenters. The number of halogens is 3. The fourth-order valence-electron chi connectivity index (χ4n) is 1.76. The largest absolute Gasteiger partial charge is 0.389 e. The van der Waals surface area contributed by atoms with Crippen molar-refractivity contribution in [1.29, 1.82) is 0 Å². The Morgan fingerprint density at radius 3 is 2.57 bits per heavy atom. The standard InChI is InChI=1S/C14H13F3N2O2/c1-9(12(20)10-5-3-2-4-6-10)13-18-11(19-21-13)7-8-14(15,16)17/h2-6,9H,7-8H2,1H3. The molecule has 1 aromatic carbocycles. The van der Waals surface area contributed by atoms with E-state index in [-0.39, 0.29) is 23.9 Å². The van der Waals surface area contributed by atoms with E-state index in [9.17, 15) is 18.0 Å². The van der Waals surface area contributed by atoms with E-state index >= 15 is 0 Å². The molecule has 1 atom stereocenters. The normalized spacial score (nSPS) is 13.1. The minimum Gasteiger partial charge on any atom is -0.339 e. The summed E-state index contributed by atoms with van der Waals surface area (Å²) in [5, 5.41) is 3.48. The lowest BCUT2D eigenvalue weighted by Crippen LogP contribution is -2.11. The van der Waals surface area contributed by atoms with Crippen molar-refractivity contribution >= 4 is 5.78 Å². The van der Waals surface area contributed by atoms with Crippen LogP contribution >= 0.6 is 0 Å². The van der Waals surface area contributed by atoms with Crippen molar-refractivity contribution in [3.8, 4) is 0 Å². The summed E-state index contributed by atoms with van der Waals surface area (Å²) in [7, 11) is 0. The summed E-state index contributed by atoms with van der Waals surface area (Å²) in [5.41, 5.74) is 0.486. The SMILES string of the molecule is CC(C(=O)c1ccccc1)c1nc(CCC(F)(F)F)no1. The average Bonchev–Trinajstić information content (AvgIpc) is 2.93. The molecule has 0 N–H and O–H groups in total. The topological polar surface area (TPSA) is 56.0 Å². The molecule has 0 saturated heterocycles. The van der Waals surface area contributed by atoms with E-state index in [4.69, 9.17) is 4.52 Å². The molecular formula is C14H13F3N2O2. The van der Waals surface area contributed by atoms with Crippen molar-refractivity contribution in [3.05, 3.63) is 47.6 Å². The van der Waals surface area contributed by atoms with Crippen LogP contribution in [-0.4, -0.2) is 22.1 Å². The van der Waals surface area contributed by atoms with Gasteiger partial charge < -0.3 is 4.52 Å². The second kappa shape index (κ2) is 6.07. The number of alkyl halides is 3. The van der Waals surface area contributed by atoms with Gasteiger partial charge in [-0.1, -0.05) is 35.5 Å².